The maximum atomic E-state index is 6.11. The summed E-state index contributed by atoms with van der Waals surface area (Å²) in [7, 11) is 0. The second kappa shape index (κ2) is 4.67. The maximum Gasteiger partial charge on any atom is 0.138 e. The van der Waals surface area contributed by atoms with Crippen LogP contribution in [0.5, 0.6) is 0 Å². The van der Waals surface area contributed by atoms with E-state index in [-0.39, 0.29) is 0 Å². The highest BCUT2D eigenvalue weighted by molar-refractivity contribution is 6.29. The van der Waals surface area contributed by atoms with Crippen LogP contribution in [0.25, 0.3) is 5.65 Å². The van der Waals surface area contributed by atoms with Gasteiger partial charge in [-0.05, 0) is 37.3 Å². The van der Waals surface area contributed by atoms with Crippen LogP contribution in [0.1, 0.15) is 18.5 Å². The van der Waals surface area contributed by atoms with Crippen molar-refractivity contribution in [1.82, 2.24) is 9.38 Å². The van der Waals surface area contributed by atoms with Gasteiger partial charge in [-0.3, -0.25) is 4.40 Å². The lowest BCUT2D eigenvalue weighted by molar-refractivity contribution is 0.0547. The summed E-state index contributed by atoms with van der Waals surface area (Å²) in [6.45, 7) is 1.77. The molecule has 2 aromatic heterocycles. The second-order valence-electron chi connectivity index (χ2n) is 4.60. The number of halogens is 1. The molecule has 2 aromatic rings. The quantitative estimate of drug-likeness (QED) is 0.766. The molecular formula is C13H15ClN2O. The molecule has 0 radical (unpaired) electrons. The monoisotopic (exact) mass is 250 g/mol. The van der Waals surface area contributed by atoms with Crippen molar-refractivity contribution >= 4 is 17.2 Å². The van der Waals surface area contributed by atoms with E-state index in [9.17, 15) is 0 Å². The molecule has 3 nitrogen and oxygen atoms in total. The SMILES string of the molecule is Clc1cccc2nc(CC3CCCOC3)cn12. The number of hydrogen-bond donors (Lipinski definition) is 0. The third kappa shape index (κ3) is 2.31. The van der Waals surface area contributed by atoms with Crippen molar-refractivity contribution in [3.63, 3.8) is 0 Å². The van der Waals surface area contributed by atoms with Crippen LogP contribution in [-0.4, -0.2) is 22.6 Å². The molecule has 0 bridgehead atoms. The van der Waals surface area contributed by atoms with Crippen LogP contribution in [0.3, 0.4) is 0 Å². The van der Waals surface area contributed by atoms with E-state index in [0.717, 1.165) is 31.0 Å². The van der Waals surface area contributed by atoms with Gasteiger partial charge in [-0.15, -0.1) is 0 Å². The van der Waals surface area contributed by atoms with Crippen molar-refractivity contribution in [1.29, 1.82) is 0 Å². The number of fused-ring (bicyclic) bond motifs is 1. The van der Waals surface area contributed by atoms with Gasteiger partial charge >= 0.3 is 0 Å². The highest BCUT2D eigenvalue weighted by Gasteiger charge is 2.16. The fraction of sp³-hybridized carbons (Fsp3) is 0.462. The lowest BCUT2D eigenvalue weighted by Crippen LogP contribution is -2.19. The van der Waals surface area contributed by atoms with Crippen LogP contribution in [0.4, 0.5) is 0 Å². The van der Waals surface area contributed by atoms with Gasteiger partial charge in [0, 0.05) is 19.4 Å². The minimum Gasteiger partial charge on any atom is -0.381 e. The van der Waals surface area contributed by atoms with Gasteiger partial charge in [0.25, 0.3) is 0 Å². The predicted octanol–water partition coefficient (Wildman–Crippen LogP) is 2.96. The molecule has 3 rings (SSSR count). The minimum absolute atomic E-state index is 0.604. The molecule has 1 aliphatic rings. The minimum atomic E-state index is 0.604. The smallest absolute Gasteiger partial charge is 0.138 e. The Morgan fingerprint density at radius 1 is 1.47 bits per heavy atom. The van der Waals surface area contributed by atoms with E-state index in [4.69, 9.17) is 16.3 Å². The summed E-state index contributed by atoms with van der Waals surface area (Å²) in [5.41, 5.74) is 2.03. The molecular weight excluding hydrogens is 236 g/mol. The summed E-state index contributed by atoms with van der Waals surface area (Å²) in [6.07, 6.45) is 5.42. The molecule has 3 heterocycles. The number of rotatable bonds is 2. The number of pyridine rings is 1. The Bertz CT molecular complexity index is 517. The third-order valence-electron chi connectivity index (χ3n) is 3.24. The molecule has 0 spiro atoms. The molecule has 4 heteroatoms. The predicted molar refractivity (Wildman–Crippen MR) is 67.4 cm³/mol. The van der Waals surface area contributed by atoms with E-state index in [1.807, 2.05) is 28.8 Å². The van der Waals surface area contributed by atoms with Gasteiger partial charge < -0.3 is 4.74 Å². The number of aromatic nitrogens is 2. The van der Waals surface area contributed by atoms with Gasteiger partial charge in [0.2, 0.25) is 0 Å². The molecule has 0 N–H and O–H groups in total. The van der Waals surface area contributed by atoms with Gasteiger partial charge in [0.1, 0.15) is 10.8 Å². The van der Waals surface area contributed by atoms with Gasteiger partial charge in [-0.25, -0.2) is 4.98 Å². The molecule has 90 valence electrons. The Hall–Kier alpha value is -1.06. The van der Waals surface area contributed by atoms with Gasteiger partial charge in [0.15, 0.2) is 0 Å². The average molecular weight is 251 g/mol. The normalized spacial score (nSPS) is 20.9. The molecule has 0 aromatic carbocycles. The Morgan fingerprint density at radius 2 is 2.41 bits per heavy atom. The fourth-order valence-electron chi connectivity index (χ4n) is 2.39. The first-order valence-electron chi connectivity index (χ1n) is 6.03. The largest absolute Gasteiger partial charge is 0.381 e. The lowest BCUT2D eigenvalue weighted by atomic mass is 9.97. The van der Waals surface area contributed by atoms with Gasteiger partial charge in [0.05, 0.1) is 5.69 Å². The second-order valence-corrected chi connectivity index (χ2v) is 4.98. The van der Waals surface area contributed by atoms with Crippen molar-refractivity contribution in [2.75, 3.05) is 13.2 Å². The first-order valence-corrected chi connectivity index (χ1v) is 6.41. The van der Waals surface area contributed by atoms with Crippen LogP contribution in [0.2, 0.25) is 5.15 Å². The van der Waals surface area contributed by atoms with Crippen molar-refractivity contribution in [2.45, 2.75) is 19.3 Å². The molecule has 1 aliphatic heterocycles. The summed E-state index contributed by atoms with van der Waals surface area (Å²) < 4.78 is 7.42. The van der Waals surface area contributed by atoms with Crippen LogP contribution >= 0.6 is 11.6 Å². The molecule has 0 saturated carbocycles. The van der Waals surface area contributed by atoms with E-state index < -0.39 is 0 Å². The summed E-state index contributed by atoms with van der Waals surface area (Å²) in [5.74, 6) is 0.604. The molecule has 1 unspecified atom stereocenters. The standard InChI is InChI=1S/C13H15ClN2O/c14-12-4-1-5-13-15-11(8-16(12)13)7-10-3-2-6-17-9-10/h1,4-5,8,10H,2-3,6-7,9H2. The number of hydrogen-bond acceptors (Lipinski definition) is 2. The van der Waals surface area contributed by atoms with Crippen LogP contribution in [-0.2, 0) is 11.2 Å². The summed E-state index contributed by atoms with van der Waals surface area (Å²) in [6, 6.07) is 5.79. The summed E-state index contributed by atoms with van der Waals surface area (Å²) in [4.78, 5) is 4.59. The Balaban J connectivity index is 1.83. The first-order chi connectivity index (χ1) is 8.33. The van der Waals surface area contributed by atoms with E-state index in [1.54, 1.807) is 0 Å². The zero-order valence-electron chi connectivity index (χ0n) is 9.60. The maximum absolute atomic E-state index is 6.11. The zero-order valence-corrected chi connectivity index (χ0v) is 10.4. The van der Waals surface area contributed by atoms with Crippen LogP contribution < -0.4 is 0 Å². The van der Waals surface area contributed by atoms with E-state index in [1.165, 1.54) is 12.8 Å². The van der Waals surface area contributed by atoms with Gasteiger partial charge in [-0.1, -0.05) is 17.7 Å². The molecule has 0 amide bonds. The number of ether oxygens (including phenoxy) is 1. The van der Waals surface area contributed by atoms with Crippen LogP contribution in [0, 0.1) is 5.92 Å². The fourth-order valence-corrected chi connectivity index (χ4v) is 2.60. The van der Waals surface area contributed by atoms with E-state index >= 15 is 0 Å². The first kappa shape index (κ1) is 11.1. The third-order valence-corrected chi connectivity index (χ3v) is 3.55. The van der Waals surface area contributed by atoms with Crippen molar-refractivity contribution < 1.29 is 4.74 Å². The van der Waals surface area contributed by atoms with Crippen LogP contribution in [0.15, 0.2) is 24.4 Å². The van der Waals surface area contributed by atoms with Crippen molar-refractivity contribution in [3.8, 4) is 0 Å². The van der Waals surface area contributed by atoms with Crippen molar-refractivity contribution in [3.05, 3.63) is 35.2 Å². The zero-order chi connectivity index (χ0) is 11.7. The molecule has 1 saturated heterocycles. The Morgan fingerprint density at radius 3 is 3.18 bits per heavy atom. The summed E-state index contributed by atoms with van der Waals surface area (Å²) in [5, 5.41) is 0.709. The Labute approximate surface area is 105 Å². The highest BCUT2D eigenvalue weighted by Crippen LogP contribution is 2.20. The Kier molecular flexibility index (Phi) is 3.04. The topological polar surface area (TPSA) is 26.5 Å². The highest BCUT2D eigenvalue weighted by atomic mass is 35.5. The lowest BCUT2D eigenvalue weighted by Gasteiger charge is -2.20. The van der Waals surface area contributed by atoms with Crippen molar-refractivity contribution in [2.24, 2.45) is 5.92 Å². The molecule has 1 fully saturated rings. The number of imidazole rings is 1. The number of nitrogens with zero attached hydrogens (tertiary/aromatic N) is 2. The average Bonchev–Trinajstić information content (AvgIpc) is 2.74. The van der Waals surface area contributed by atoms with E-state index in [0.29, 0.717) is 11.1 Å². The molecule has 17 heavy (non-hydrogen) atoms. The molecule has 0 aliphatic carbocycles. The van der Waals surface area contributed by atoms with Gasteiger partial charge in [-0.2, -0.15) is 0 Å². The van der Waals surface area contributed by atoms with E-state index in [2.05, 4.69) is 4.98 Å². The summed E-state index contributed by atoms with van der Waals surface area (Å²) >= 11 is 6.11. The molecule has 1 atom stereocenters.